The van der Waals surface area contributed by atoms with Crippen LogP contribution in [0.5, 0.6) is 11.5 Å². The fourth-order valence-electron chi connectivity index (χ4n) is 4.93. The van der Waals surface area contributed by atoms with Crippen molar-refractivity contribution in [2.75, 3.05) is 29.0 Å². The lowest BCUT2D eigenvalue weighted by Gasteiger charge is -2.34. The minimum absolute atomic E-state index is 0. The number of urea groups is 1. The van der Waals surface area contributed by atoms with Crippen LogP contribution in [-0.4, -0.2) is 44.7 Å². The second-order valence-corrected chi connectivity index (χ2v) is 12.2. The summed E-state index contributed by atoms with van der Waals surface area (Å²) in [6, 6.07) is 25.3. The molecule has 1 saturated heterocycles. The number of carbonyl (C=O) groups is 1. The van der Waals surface area contributed by atoms with Crippen LogP contribution in [0.25, 0.3) is 0 Å². The smallest absolute Gasteiger partial charge is 0.326 e. The van der Waals surface area contributed by atoms with E-state index in [0.717, 1.165) is 44.3 Å². The Bertz CT molecular complexity index is 1650. The largest absolute Gasteiger partial charge is 0.457 e. The second kappa shape index (κ2) is 14.5. The molecule has 0 saturated carbocycles. The van der Waals surface area contributed by atoms with Gasteiger partial charge in [-0.15, -0.1) is 12.4 Å². The number of nitrogens with zero attached hydrogens (tertiary/aromatic N) is 2. The number of hydrogen-bond donors (Lipinski definition) is 2. The molecular weight excluding hydrogens is 610 g/mol. The van der Waals surface area contributed by atoms with Crippen LogP contribution in [0, 0.1) is 11.6 Å². The van der Waals surface area contributed by atoms with Crippen molar-refractivity contribution < 1.29 is 26.7 Å². The standard InChI is InChI=1S/C32H32F2N4O4S.ClH/c1-43(40,41)36-26-10-16-29(17-11-26)42-28-14-6-23(7-15-28)22-37-20-18-25(19-21-37)35-32(39)38(27-12-8-24(33)9-13-27)31-5-3-2-4-30(31)34;/h2-17,25,36H,18-22H2,1H3,(H,35,39);1H. The summed E-state index contributed by atoms with van der Waals surface area (Å²) in [6.07, 6.45) is 2.55. The van der Waals surface area contributed by atoms with Crippen LogP contribution in [0.4, 0.5) is 30.6 Å². The lowest BCUT2D eigenvalue weighted by Crippen LogP contribution is -2.48. The number of rotatable bonds is 9. The summed E-state index contributed by atoms with van der Waals surface area (Å²) in [5.74, 6) is 0.259. The lowest BCUT2D eigenvalue weighted by molar-refractivity contribution is 0.189. The highest BCUT2D eigenvalue weighted by molar-refractivity contribution is 7.92. The molecule has 8 nitrogen and oxygen atoms in total. The third-order valence-corrected chi connectivity index (χ3v) is 7.63. The molecule has 232 valence electrons. The van der Waals surface area contributed by atoms with E-state index in [-0.39, 0.29) is 24.1 Å². The molecule has 0 bridgehead atoms. The normalized spacial score (nSPS) is 13.9. The molecule has 1 heterocycles. The molecule has 1 aliphatic rings. The maximum atomic E-state index is 14.7. The molecule has 1 aliphatic heterocycles. The van der Waals surface area contributed by atoms with Gasteiger partial charge in [-0.2, -0.15) is 0 Å². The van der Waals surface area contributed by atoms with Crippen molar-refractivity contribution in [3.05, 3.63) is 114 Å². The minimum atomic E-state index is -3.34. The van der Waals surface area contributed by atoms with E-state index in [1.165, 1.54) is 41.3 Å². The molecule has 0 atom stereocenters. The Balaban J connectivity index is 0.00000442. The average molecular weight is 643 g/mol. The van der Waals surface area contributed by atoms with E-state index >= 15 is 0 Å². The third-order valence-electron chi connectivity index (χ3n) is 7.02. The first-order valence-electron chi connectivity index (χ1n) is 13.8. The van der Waals surface area contributed by atoms with Crippen LogP contribution in [0.1, 0.15) is 18.4 Å². The van der Waals surface area contributed by atoms with E-state index in [1.54, 1.807) is 36.4 Å². The molecule has 2 N–H and O–H groups in total. The van der Waals surface area contributed by atoms with Gasteiger partial charge in [0, 0.05) is 31.4 Å². The number of amides is 2. The summed E-state index contributed by atoms with van der Waals surface area (Å²) in [5.41, 5.74) is 2.04. The van der Waals surface area contributed by atoms with Gasteiger partial charge >= 0.3 is 6.03 Å². The maximum absolute atomic E-state index is 14.7. The maximum Gasteiger partial charge on any atom is 0.326 e. The zero-order valence-electron chi connectivity index (χ0n) is 24.0. The fraction of sp³-hybridized carbons (Fsp3) is 0.219. The molecule has 5 rings (SSSR count). The highest BCUT2D eigenvalue weighted by Gasteiger charge is 2.26. The van der Waals surface area contributed by atoms with Crippen LogP contribution in [0.15, 0.2) is 97.1 Å². The van der Waals surface area contributed by atoms with Crippen LogP contribution >= 0.6 is 12.4 Å². The van der Waals surface area contributed by atoms with E-state index in [1.807, 2.05) is 24.3 Å². The predicted octanol–water partition coefficient (Wildman–Crippen LogP) is 7.06. The molecule has 44 heavy (non-hydrogen) atoms. The lowest BCUT2D eigenvalue weighted by atomic mass is 10.0. The Morgan fingerprint density at radius 2 is 1.48 bits per heavy atom. The Morgan fingerprint density at radius 3 is 2.07 bits per heavy atom. The number of nitrogens with one attached hydrogen (secondary N) is 2. The van der Waals surface area contributed by atoms with Crippen molar-refractivity contribution in [1.29, 1.82) is 0 Å². The third kappa shape index (κ3) is 8.91. The van der Waals surface area contributed by atoms with Gasteiger partial charge in [0.05, 0.1) is 17.6 Å². The summed E-state index contributed by atoms with van der Waals surface area (Å²) < 4.78 is 59.2. The van der Waals surface area contributed by atoms with E-state index in [4.69, 9.17) is 4.74 Å². The molecule has 12 heteroatoms. The Labute approximate surface area is 262 Å². The number of hydrogen-bond acceptors (Lipinski definition) is 5. The quantitative estimate of drug-likeness (QED) is 0.204. The number of anilines is 3. The summed E-state index contributed by atoms with van der Waals surface area (Å²) in [6.45, 7) is 2.28. The van der Waals surface area contributed by atoms with E-state index in [0.29, 0.717) is 22.9 Å². The number of ether oxygens (including phenoxy) is 1. The number of piperidine rings is 1. The number of para-hydroxylation sites is 1. The second-order valence-electron chi connectivity index (χ2n) is 10.4. The van der Waals surface area contributed by atoms with Crippen molar-refractivity contribution in [3.8, 4) is 11.5 Å². The molecule has 4 aromatic carbocycles. The van der Waals surface area contributed by atoms with E-state index < -0.39 is 27.7 Å². The van der Waals surface area contributed by atoms with Crippen LogP contribution in [-0.2, 0) is 16.6 Å². The summed E-state index contributed by atoms with van der Waals surface area (Å²) in [4.78, 5) is 16.9. The van der Waals surface area contributed by atoms with Gasteiger partial charge in [-0.05, 0) is 91.2 Å². The predicted molar refractivity (Wildman–Crippen MR) is 170 cm³/mol. The monoisotopic (exact) mass is 642 g/mol. The first-order chi connectivity index (χ1) is 20.6. The van der Waals surface area contributed by atoms with Crippen LogP contribution in [0.2, 0.25) is 0 Å². The number of likely N-dealkylation sites (tertiary alicyclic amines) is 1. The molecule has 4 aromatic rings. The number of sulfonamides is 1. The molecule has 0 aliphatic carbocycles. The SMILES string of the molecule is CS(=O)(=O)Nc1ccc(Oc2ccc(CN3CCC(NC(=O)N(c4ccc(F)cc4)c4ccccc4F)CC3)cc2)cc1.Cl. The average Bonchev–Trinajstić information content (AvgIpc) is 2.97. The van der Waals surface area contributed by atoms with Gasteiger partial charge < -0.3 is 10.1 Å². The summed E-state index contributed by atoms with van der Waals surface area (Å²) in [5, 5.41) is 3.04. The molecule has 2 amide bonds. The zero-order chi connectivity index (χ0) is 30.4. The molecule has 0 spiro atoms. The highest BCUT2D eigenvalue weighted by atomic mass is 35.5. The van der Waals surface area contributed by atoms with Gasteiger partial charge in [0.2, 0.25) is 10.0 Å². The first kappa shape index (κ1) is 32.7. The minimum Gasteiger partial charge on any atom is -0.457 e. The molecule has 0 radical (unpaired) electrons. The van der Waals surface area contributed by atoms with E-state index in [2.05, 4.69) is 14.9 Å². The van der Waals surface area contributed by atoms with Gasteiger partial charge in [-0.1, -0.05) is 24.3 Å². The topological polar surface area (TPSA) is 91.0 Å². The Hall–Kier alpha value is -4.19. The summed E-state index contributed by atoms with van der Waals surface area (Å²) >= 11 is 0. The number of carbonyl (C=O) groups excluding carboxylic acids is 1. The zero-order valence-corrected chi connectivity index (χ0v) is 25.6. The van der Waals surface area contributed by atoms with Crippen molar-refractivity contribution >= 4 is 45.5 Å². The van der Waals surface area contributed by atoms with Crippen molar-refractivity contribution in [2.45, 2.75) is 25.4 Å². The van der Waals surface area contributed by atoms with Gasteiger partial charge in [-0.25, -0.2) is 22.0 Å². The number of halogens is 3. The highest BCUT2D eigenvalue weighted by Crippen LogP contribution is 2.29. The van der Waals surface area contributed by atoms with Crippen molar-refractivity contribution in [1.82, 2.24) is 10.2 Å². The summed E-state index contributed by atoms with van der Waals surface area (Å²) in [7, 11) is -3.34. The van der Waals surface area contributed by atoms with Gasteiger partial charge in [0.25, 0.3) is 0 Å². The van der Waals surface area contributed by atoms with Crippen molar-refractivity contribution in [2.24, 2.45) is 0 Å². The molecule has 0 aromatic heterocycles. The Kier molecular flexibility index (Phi) is 10.8. The Morgan fingerprint density at radius 1 is 0.886 bits per heavy atom. The van der Waals surface area contributed by atoms with E-state index in [9.17, 15) is 22.0 Å². The molecular formula is C32H33ClF2N4O4S. The van der Waals surface area contributed by atoms with Crippen LogP contribution in [0.3, 0.4) is 0 Å². The van der Waals surface area contributed by atoms with Crippen LogP contribution < -0.4 is 19.7 Å². The number of benzene rings is 4. The molecule has 1 fully saturated rings. The molecule has 0 unspecified atom stereocenters. The van der Waals surface area contributed by atoms with Gasteiger partial charge in [0.15, 0.2) is 0 Å². The van der Waals surface area contributed by atoms with Gasteiger partial charge in [0.1, 0.15) is 23.1 Å². The fourth-order valence-corrected chi connectivity index (χ4v) is 5.49. The van der Waals surface area contributed by atoms with Crippen molar-refractivity contribution in [3.63, 3.8) is 0 Å². The van der Waals surface area contributed by atoms with Gasteiger partial charge in [-0.3, -0.25) is 14.5 Å². The first-order valence-corrected chi connectivity index (χ1v) is 15.7.